The van der Waals surface area contributed by atoms with Crippen molar-refractivity contribution < 1.29 is 9.90 Å². The first-order chi connectivity index (χ1) is 11.0. The molecule has 0 radical (unpaired) electrons. The monoisotopic (exact) mass is 346 g/mol. The van der Waals surface area contributed by atoms with E-state index < -0.39 is 5.97 Å². The van der Waals surface area contributed by atoms with Crippen LogP contribution in [-0.2, 0) is 17.8 Å². The van der Waals surface area contributed by atoms with Crippen LogP contribution in [0, 0.1) is 6.92 Å². The van der Waals surface area contributed by atoms with Crippen molar-refractivity contribution in [2.24, 2.45) is 0 Å². The maximum absolute atomic E-state index is 10.8. The maximum atomic E-state index is 10.8. The van der Waals surface area contributed by atoms with Crippen molar-refractivity contribution in [3.63, 3.8) is 0 Å². The predicted octanol–water partition coefficient (Wildman–Crippen LogP) is 3.60. The van der Waals surface area contributed by atoms with Gasteiger partial charge in [-0.25, -0.2) is 0 Å². The molecule has 1 aromatic heterocycles. The largest absolute Gasteiger partial charge is 0.550 e. The average Bonchev–Trinajstić information content (AvgIpc) is 2.78. The summed E-state index contributed by atoms with van der Waals surface area (Å²) in [6, 6.07) is 11.1. The van der Waals surface area contributed by atoms with Gasteiger partial charge in [0.15, 0.2) is 0 Å². The Labute approximate surface area is 144 Å². The van der Waals surface area contributed by atoms with Crippen molar-refractivity contribution in [2.45, 2.75) is 19.9 Å². The van der Waals surface area contributed by atoms with E-state index in [0.717, 1.165) is 22.0 Å². The lowest BCUT2D eigenvalue weighted by Crippen LogP contribution is -2.24. The topological polar surface area (TPSA) is 45.1 Å². The molecule has 118 valence electrons. The number of aliphatic carboxylic acids is 1. The molecule has 23 heavy (non-hydrogen) atoms. The molecule has 0 spiro atoms. The van der Waals surface area contributed by atoms with E-state index in [0.29, 0.717) is 22.2 Å². The Bertz CT molecular complexity index is 879. The van der Waals surface area contributed by atoms with Crippen LogP contribution in [0.1, 0.15) is 16.7 Å². The second-order valence-corrected chi connectivity index (χ2v) is 6.35. The molecule has 0 aliphatic heterocycles. The molecule has 0 unspecified atom stereocenters. The highest BCUT2D eigenvalue weighted by Gasteiger charge is 2.11. The van der Waals surface area contributed by atoms with Crippen LogP contribution in [-0.4, -0.2) is 10.5 Å². The zero-order valence-electron chi connectivity index (χ0n) is 12.5. The minimum atomic E-state index is -1.09. The van der Waals surface area contributed by atoms with Gasteiger partial charge in [-0.1, -0.05) is 41.4 Å². The molecule has 2 aromatic carbocycles. The first-order valence-corrected chi connectivity index (χ1v) is 7.92. The minimum absolute atomic E-state index is 0.104. The summed E-state index contributed by atoms with van der Waals surface area (Å²) < 4.78 is 2.04. The SMILES string of the molecule is Cc1cn(Cc2c(Cl)cccc2Cl)c2cc(CC(=O)[O-])ccc12. The summed E-state index contributed by atoms with van der Waals surface area (Å²) in [5.41, 5.74) is 3.63. The third-order valence-electron chi connectivity index (χ3n) is 3.88. The molecular formula is C18H14Cl2NO2-. The highest BCUT2D eigenvalue weighted by molar-refractivity contribution is 6.36. The van der Waals surface area contributed by atoms with Crippen LogP contribution in [0.3, 0.4) is 0 Å². The summed E-state index contributed by atoms with van der Waals surface area (Å²) in [5.74, 6) is -1.09. The number of rotatable bonds is 4. The number of benzene rings is 2. The van der Waals surface area contributed by atoms with Crippen molar-refractivity contribution in [3.8, 4) is 0 Å². The normalized spacial score (nSPS) is 11.1. The van der Waals surface area contributed by atoms with Gasteiger partial charge in [0.1, 0.15) is 0 Å². The van der Waals surface area contributed by atoms with Gasteiger partial charge in [-0.15, -0.1) is 0 Å². The summed E-state index contributed by atoms with van der Waals surface area (Å²) in [5, 5.41) is 13.1. The number of aromatic nitrogens is 1. The fourth-order valence-electron chi connectivity index (χ4n) is 2.78. The maximum Gasteiger partial charge on any atom is 0.0505 e. The molecule has 0 aliphatic carbocycles. The highest BCUT2D eigenvalue weighted by Crippen LogP contribution is 2.28. The number of carbonyl (C=O) groups excluding carboxylic acids is 1. The number of carboxylic acids is 1. The first kappa shape index (κ1) is 15.9. The predicted molar refractivity (Wildman–Crippen MR) is 91.0 cm³/mol. The van der Waals surface area contributed by atoms with Crippen LogP contribution in [0.15, 0.2) is 42.6 Å². The average molecular weight is 347 g/mol. The van der Waals surface area contributed by atoms with Crippen LogP contribution in [0.25, 0.3) is 10.9 Å². The van der Waals surface area contributed by atoms with E-state index in [1.165, 1.54) is 0 Å². The van der Waals surface area contributed by atoms with Crippen molar-refractivity contribution in [1.82, 2.24) is 4.57 Å². The molecule has 0 amide bonds. The summed E-state index contributed by atoms with van der Waals surface area (Å²) in [4.78, 5) is 10.8. The Morgan fingerprint density at radius 1 is 1.17 bits per heavy atom. The molecule has 0 saturated heterocycles. The number of fused-ring (bicyclic) bond motifs is 1. The molecule has 0 fully saturated rings. The quantitative estimate of drug-likeness (QED) is 0.724. The van der Waals surface area contributed by atoms with Crippen LogP contribution in [0.5, 0.6) is 0 Å². The molecule has 0 aliphatic rings. The molecule has 0 bridgehead atoms. The molecule has 0 N–H and O–H groups in total. The van der Waals surface area contributed by atoms with E-state index in [4.69, 9.17) is 23.2 Å². The number of carboxylic acid groups (broad SMARTS) is 1. The minimum Gasteiger partial charge on any atom is -0.550 e. The number of carbonyl (C=O) groups is 1. The lowest BCUT2D eigenvalue weighted by atomic mass is 10.1. The summed E-state index contributed by atoms with van der Waals surface area (Å²) in [7, 11) is 0. The first-order valence-electron chi connectivity index (χ1n) is 7.17. The van der Waals surface area contributed by atoms with E-state index >= 15 is 0 Å². The van der Waals surface area contributed by atoms with Gasteiger partial charge in [0.25, 0.3) is 0 Å². The van der Waals surface area contributed by atoms with Crippen molar-refractivity contribution >= 4 is 40.1 Å². The Kier molecular flexibility index (Phi) is 4.33. The fourth-order valence-corrected chi connectivity index (χ4v) is 3.30. The molecule has 5 heteroatoms. The third-order valence-corrected chi connectivity index (χ3v) is 4.59. The fraction of sp³-hybridized carbons (Fsp3) is 0.167. The second kappa shape index (κ2) is 6.26. The van der Waals surface area contributed by atoms with E-state index in [9.17, 15) is 9.90 Å². The van der Waals surface area contributed by atoms with Gasteiger partial charge in [0.05, 0.1) is 6.54 Å². The number of hydrogen-bond acceptors (Lipinski definition) is 2. The van der Waals surface area contributed by atoms with E-state index in [1.54, 1.807) is 0 Å². The van der Waals surface area contributed by atoms with Crippen molar-refractivity contribution in [3.05, 3.63) is 69.3 Å². The van der Waals surface area contributed by atoms with Crippen molar-refractivity contribution in [2.75, 3.05) is 0 Å². The van der Waals surface area contributed by atoms with Gasteiger partial charge < -0.3 is 14.5 Å². The van der Waals surface area contributed by atoms with Crippen molar-refractivity contribution in [1.29, 1.82) is 0 Å². The summed E-state index contributed by atoms with van der Waals surface area (Å²) in [6.45, 7) is 2.54. The molecule has 3 aromatic rings. The molecule has 0 saturated carbocycles. The lowest BCUT2D eigenvalue weighted by molar-refractivity contribution is -0.304. The van der Waals surface area contributed by atoms with Gasteiger partial charge in [0, 0.05) is 45.1 Å². The molecule has 1 heterocycles. The molecule has 3 rings (SSSR count). The van der Waals surface area contributed by atoms with Gasteiger partial charge in [-0.05, 0) is 36.2 Å². The van der Waals surface area contributed by atoms with Crippen LogP contribution >= 0.6 is 23.2 Å². The Morgan fingerprint density at radius 2 is 1.87 bits per heavy atom. The Balaban J connectivity index is 2.08. The molecule has 3 nitrogen and oxygen atoms in total. The standard InChI is InChI=1S/C18H15Cl2NO2/c1-11-9-21(10-14-15(19)3-2-4-16(14)20)17-7-12(8-18(22)23)5-6-13(11)17/h2-7,9H,8,10H2,1H3,(H,22,23)/p-1. The summed E-state index contributed by atoms with van der Waals surface area (Å²) >= 11 is 12.5. The number of aryl methyl sites for hydroxylation is 1. The summed E-state index contributed by atoms with van der Waals surface area (Å²) in [6.07, 6.45) is 1.92. The molecule has 0 atom stereocenters. The van der Waals surface area contributed by atoms with Gasteiger partial charge in [-0.2, -0.15) is 0 Å². The van der Waals surface area contributed by atoms with Crippen LogP contribution in [0.4, 0.5) is 0 Å². The van der Waals surface area contributed by atoms with Gasteiger partial charge in [0.2, 0.25) is 0 Å². The zero-order chi connectivity index (χ0) is 16.6. The van der Waals surface area contributed by atoms with Crippen LogP contribution in [0.2, 0.25) is 10.0 Å². The van der Waals surface area contributed by atoms with Gasteiger partial charge >= 0.3 is 0 Å². The molecular weight excluding hydrogens is 333 g/mol. The third kappa shape index (κ3) is 3.21. The Morgan fingerprint density at radius 3 is 2.52 bits per heavy atom. The van der Waals surface area contributed by atoms with E-state index in [-0.39, 0.29) is 6.42 Å². The lowest BCUT2D eigenvalue weighted by Gasteiger charge is -2.10. The van der Waals surface area contributed by atoms with Crippen LogP contribution < -0.4 is 5.11 Å². The Hall–Kier alpha value is -1.97. The van der Waals surface area contributed by atoms with E-state index in [1.807, 2.05) is 54.1 Å². The van der Waals surface area contributed by atoms with E-state index in [2.05, 4.69) is 0 Å². The smallest absolute Gasteiger partial charge is 0.0505 e. The van der Waals surface area contributed by atoms with Gasteiger partial charge in [-0.3, -0.25) is 0 Å². The number of nitrogens with zero attached hydrogens (tertiary/aromatic N) is 1. The number of hydrogen-bond donors (Lipinski definition) is 0. The second-order valence-electron chi connectivity index (χ2n) is 5.54. The highest BCUT2D eigenvalue weighted by atomic mass is 35.5. The zero-order valence-corrected chi connectivity index (χ0v) is 14.0. The number of halogens is 2.